The van der Waals surface area contributed by atoms with E-state index in [2.05, 4.69) is 0 Å². The Morgan fingerprint density at radius 2 is 1.67 bits per heavy atom. The van der Waals surface area contributed by atoms with Gasteiger partial charge in [-0.25, -0.2) is 4.68 Å². The minimum Gasteiger partial charge on any atom is -0.497 e. The number of ether oxygens (including phenoxy) is 4. The van der Waals surface area contributed by atoms with Gasteiger partial charge in [-0.15, -0.1) is 11.8 Å². The fourth-order valence-corrected chi connectivity index (χ4v) is 6.88. The first-order chi connectivity index (χ1) is 21.9. The Hall–Kier alpha value is -4.19. The second kappa shape index (κ2) is 13.4. The molecule has 2 amide bonds. The van der Waals surface area contributed by atoms with Gasteiger partial charge in [0.2, 0.25) is 11.8 Å². The van der Waals surface area contributed by atoms with Crippen LogP contribution in [0.3, 0.4) is 0 Å². The van der Waals surface area contributed by atoms with Crippen LogP contribution in [0.4, 0.5) is 5.82 Å². The lowest BCUT2D eigenvalue weighted by Gasteiger charge is -2.30. The van der Waals surface area contributed by atoms with E-state index in [1.54, 1.807) is 35.8 Å². The summed E-state index contributed by atoms with van der Waals surface area (Å²) in [6, 6.07) is 20.7. The Labute approximate surface area is 270 Å². The van der Waals surface area contributed by atoms with E-state index >= 15 is 0 Å². The first-order valence-electron chi connectivity index (χ1n) is 14.4. The normalized spacial score (nSPS) is 16.6. The number of methoxy groups -OCH3 is 3. The molecule has 1 aromatic heterocycles. The molecule has 6 rings (SSSR count). The van der Waals surface area contributed by atoms with E-state index in [9.17, 15) is 9.59 Å². The van der Waals surface area contributed by atoms with Crippen molar-refractivity contribution >= 4 is 41.0 Å². The van der Waals surface area contributed by atoms with Crippen LogP contribution in [0.15, 0.2) is 66.7 Å². The van der Waals surface area contributed by atoms with Crippen molar-refractivity contribution in [1.82, 2.24) is 14.7 Å². The average Bonchev–Trinajstić information content (AvgIpc) is 3.41. The van der Waals surface area contributed by atoms with E-state index in [0.29, 0.717) is 65.8 Å². The molecular weight excluding hydrogens is 616 g/mol. The van der Waals surface area contributed by atoms with Crippen LogP contribution in [0.5, 0.6) is 17.2 Å². The highest BCUT2D eigenvalue weighted by atomic mass is 35.5. The molecule has 2 aliphatic rings. The molecule has 0 spiro atoms. The van der Waals surface area contributed by atoms with Gasteiger partial charge < -0.3 is 23.8 Å². The molecule has 234 valence electrons. The highest BCUT2D eigenvalue weighted by molar-refractivity contribution is 8.00. The number of thioether (sulfide) groups is 1. The van der Waals surface area contributed by atoms with Crippen LogP contribution in [0.1, 0.15) is 16.4 Å². The molecule has 12 heteroatoms. The predicted octanol–water partition coefficient (Wildman–Crippen LogP) is 5.25. The fraction of sp³-hybridized carbons (Fsp3) is 0.303. The molecule has 2 aliphatic heterocycles. The summed E-state index contributed by atoms with van der Waals surface area (Å²) in [5, 5.41) is 5.39. The summed E-state index contributed by atoms with van der Waals surface area (Å²) in [5.41, 5.74) is 3.90. The summed E-state index contributed by atoms with van der Waals surface area (Å²) in [6.45, 7) is 1.75. The van der Waals surface area contributed by atoms with Gasteiger partial charge in [-0.1, -0.05) is 29.8 Å². The molecule has 0 bridgehead atoms. The molecule has 0 N–H and O–H groups in total. The fourth-order valence-electron chi connectivity index (χ4n) is 5.57. The van der Waals surface area contributed by atoms with Gasteiger partial charge in [-0.05, 0) is 54.1 Å². The maximum absolute atomic E-state index is 14.1. The van der Waals surface area contributed by atoms with Gasteiger partial charge in [0.25, 0.3) is 0 Å². The topological polar surface area (TPSA) is 95.4 Å². The lowest BCUT2D eigenvalue weighted by Crippen LogP contribution is -2.48. The Morgan fingerprint density at radius 3 is 2.33 bits per heavy atom. The SMILES string of the molecule is COc1ccc(-n2nc(-c3ccc(Cl)cc3)c3c2N(CC(=O)N2CCOCC2)C(=O)CSC3c2ccc(OC)c(OC)c2)cc1. The molecule has 1 unspecified atom stereocenters. The number of anilines is 1. The number of aromatic nitrogens is 2. The molecule has 0 radical (unpaired) electrons. The van der Waals surface area contributed by atoms with E-state index in [4.69, 9.17) is 35.6 Å². The number of hydrogen-bond donors (Lipinski definition) is 0. The van der Waals surface area contributed by atoms with E-state index < -0.39 is 0 Å². The molecule has 10 nitrogen and oxygen atoms in total. The van der Waals surface area contributed by atoms with Gasteiger partial charge in [0, 0.05) is 29.2 Å². The predicted molar refractivity (Wildman–Crippen MR) is 174 cm³/mol. The third kappa shape index (κ3) is 6.20. The van der Waals surface area contributed by atoms with Crippen LogP contribution in [0, 0.1) is 0 Å². The van der Waals surface area contributed by atoms with E-state index in [-0.39, 0.29) is 29.4 Å². The number of fused-ring (bicyclic) bond motifs is 1. The van der Waals surface area contributed by atoms with Crippen LogP contribution < -0.4 is 19.1 Å². The lowest BCUT2D eigenvalue weighted by atomic mass is 9.99. The number of nitrogens with zero attached hydrogens (tertiary/aromatic N) is 4. The Morgan fingerprint density at radius 1 is 0.956 bits per heavy atom. The quantitative estimate of drug-likeness (QED) is 0.256. The molecule has 1 saturated heterocycles. The summed E-state index contributed by atoms with van der Waals surface area (Å²) in [6.07, 6.45) is 0. The molecule has 45 heavy (non-hydrogen) atoms. The Kier molecular flexibility index (Phi) is 9.20. The lowest BCUT2D eigenvalue weighted by molar-refractivity contribution is -0.134. The minimum absolute atomic E-state index is 0.132. The second-order valence-electron chi connectivity index (χ2n) is 10.5. The average molecular weight is 649 g/mol. The number of rotatable bonds is 8. The van der Waals surface area contributed by atoms with Crippen LogP contribution in [-0.2, 0) is 14.3 Å². The number of carbonyl (C=O) groups is 2. The zero-order valence-corrected chi connectivity index (χ0v) is 26.8. The Bertz CT molecular complexity index is 1690. The van der Waals surface area contributed by atoms with E-state index in [1.807, 2.05) is 66.7 Å². The van der Waals surface area contributed by atoms with Crippen molar-refractivity contribution in [3.05, 3.63) is 82.9 Å². The van der Waals surface area contributed by atoms with Gasteiger partial charge in [-0.3, -0.25) is 14.5 Å². The minimum atomic E-state index is -0.343. The van der Waals surface area contributed by atoms with E-state index in [0.717, 1.165) is 16.7 Å². The molecule has 1 fully saturated rings. The zero-order valence-electron chi connectivity index (χ0n) is 25.2. The van der Waals surface area contributed by atoms with Crippen LogP contribution in [0.2, 0.25) is 5.02 Å². The van der Waals surface area contributed by atoms with Crippen molar-refractivity contribution in [1.29, 1.82) is 0 Å². The highest BCUT2D eigenvalue weighted by Gasteiger charge is 2.38. The number of hydrogen-bond acceptors (Lipinski definition) is 8. The molecule has 0 saturated carbocycles. The maximum atomic E-state index is 14.1. The number of amides is 2. The third-order valence-corrected chi connectivity index (χ3v) is 9.40. The third-order valence-electron chi connectivity index (χ3n) is 7.89. The highest BCUT2D eigenvalue weighted by Crippen LogP contribution is 2.49. The first kappa shape index (κ1) is 30.8. The largest absolute Gasteiger partial charge is 0.497 e. The van der Waals surface area contributed by atoms with Gasteiger partial charge in [0.15, 0.2) is 11.5 Å². The van der Waals surface area contributed by atoms with Gasteiger partial charge >= 0.3 is 0 Å². The van der Waals surface area contributed by atoms with Crippen molar-refractivity contribution in [2.75, 3.05) is 64.8 Å². The molecule has 4 aromatic rings. The van der Waals surface area contributed by atoms with Crippen molar-refractivity contribution < 1.29 is 28.5 Å². The summed E-state index contributed by atoms with van der Waals surface area (Å²) in [4.78, 5) is 31.0. The van der Waals surface area contributed by atoms with Gasteiger partial charge in [0.1, 0.15) is 18.1 Å². The molecule has 3 aromatic carbocycles. The summed E-state index contributed by atoms with van der Waals surface area (Å²) in [7, 11) is 4.79. The number of morpholine rings is 1. The molecular formula is C33H33ClN4O6S. The van der Waals surface area contributed by atoms with E-state index in [1.165, 1.54) is 11.8 Å². The first-order valence-corrected chi connectivity index (χ1v) is 15.9. The van der Waals surface area contributed by atoms with Crippen LogP contribution >= 0.6 is 23.4 Å². The maximum Gasteiger partial charge on any atom is 0.242 e. The molecule has 0 aliphatic carbocycles. The van der Waals surface area contributed by atoms with Crippen molar-refractivity contribution in [2.24, 2.45) is 0 Å². The van der Waals surface area contributed by atoms with Crippen molar-refractivity contribution in [2.45, 2.75) is 5.25 Å². The summed E-state index contributed by atoms with van der Waals surface area (Å²) < 4.78 is 23.8. The van der Waals surface area contributed by atoms with Crippen molar-refractivity contribution in [3.8, 4) is 34.2 Å². The van der Waals surface area contributed by atoms with Crippen LogP contribution in [-0.4, -0.2) is 86.4 Å². The number of carbonyl (C=O) groups excluding carboxylic acids is 2. The second-order valence-corrected chi connectivity index (χ2v) is 12.0. The molecule has 1 atom stereocenters. The molecule has 3 heterocycles. The van der Waals surface area contributed by atoms with Crippen LogP contribution in [0.25, 0.3) is 16.9 Å². The smallest absolute Gasteiger partial charge is 0.242 e. The number of benzene rings is 3. The van der Waals surface area contributed by atoms with Crippen molar-refractivity contribution in [3.63, 3.8) is 0 Å². The summed E-state index contributed by atoms with van der Waals surface area (Å²) >= 11 is 7.77. The van der Waals surface area contributed by atoms with Gasteiger partial charge in [0.05, 0.1) is 56.9 Å². The van der Waals surface area contributed by atoms with Gasteiger partial charge in [-0.2, -0.15) is 5.10 Å². The summed E-state index contributed by atoms with van der Waals surface area (Å²) in [5.74, 6) is 2.19. The Balaban J connectivity index is 1.59. The monoisotopic (exact) mass is 648 g/mol. The standard InChI is InChI=1S/C33H33ClN4O6S/c1-41-25-11-9-24(10-12-25)38-33-30(31(35-38)21-4-7-23(34)8-5-21)32(22-6-13-26(42-2)27(18-22)43-3)45-20-29(40)37(33)19-28(39)36-14-16-44-17-15-36/h4-13,18,32H,14-17,19-20H2,1-3H3. The number of halogens is 1. The zero-order chi connectivity index (χ0) is 31.5.